The summed E-state index contributed by atoms with van der Waals surface area (Å²) in [5.74, 6) is -0.820. The molecule has 0 bridgehead atoms. The predicted molar refractivity (Wildman–Crippen MR) is 93.3 cm³/mol. The molecule has 1 aromatic carbocycles. The van der Waals surface area contributed by atoms with Crippen LogP contribution in [0, 0.1) is 5.92 Å². The van der Waals surface area contributed by atoms with Crippen molar-refractivity contribution in [2.45, 2.75) is 51.2 Å². The summed E-state index contributed by atoms with van der Waals surface area (Å²) in [4.78, 5) is 27.2. The van der Waals surface area contributed by atoms with Crippen LogP contribution in [0.5, 0.6) is 0 Å². The molecule has 2 N–H and O–H groups in total. The molecule has 2 heterocycles. The van der Waals surface area contributed by atoms with Gasteiger partial charge in [0.15, 0.2) is 0 Å². The summed E-state index contributed by atoms with van der Waals surface area (Å²) in [6.45, 7) is 6.23. The number of carbonyl (C=O) groups is 2. The number of likely N-dealkylation sites (tertiary alicyclic amines) is 1. The first-order valence-electron chi connectivity index (χ1n) is 8.94. The van der Waals surface area contributed by atoms with E-state index in [1.807, 2.05) is 30.3 Å². The van der Waals surface area contributed by atoms with E-state index in [1.165, 1.54) is 0 Å². The fourth-order valence-corrected chi connectivity index (χ4v) is 3.67. The van der Waals surface area contributed by atoms with Gasteiger partial charge in [0.2, 0.25) is 11.8 Å². The number of rotatable bonds is 4. The summed E-state index contributed by atoms with van der Waals surface area (Å²) in [5.41, 5.74) is 1.10. The number of hydrogen-bond donors (Lipinski definition) is 2. The molecule has 5 nitrogen and oxygen atoms in total. The van der Waals surface area contributed by atoms with Gasteiger partial charge in [-0.1, -0.05) is 30.3 Å². The van der Waals surface area contributed by atoms with Crippen LogP contribution in [0.4, 0.5) is 0 Å². The maximum atomic E-state index is 12.5. The smallest absolute Gasteiger partial charge is 0.233 e. The molecule has 0 radical (unpaired) electrons. The lowest BCUT2D eigenvalue weighted by Gasteiger charge is -2.29. The maximum absolute atomic E-state index is 12.5. The molecule has 2 aliphatic heterocycles. The average molecular weight is 329 g/mol. The molecule has 3 unspecified atom stereocenters. The molecular formula is C19H27N3O2. The third-order valence-electron chi connectivity index (χ3n) is 5.19. The van der Waals surface area contributed by atoms with Gasteiger partial charge in [0.05, 0.1) is 6.04 Å². The predicted octanol–water partition coefficient (Wildman–Crippen LogP) is 1.85. The number of nitrogens with zero attached hydrogens (tertiary/aromatic N) is 1. The monoisotopic (exact) mass is 329 g/mol. The van der Waals surface area contributed by atoms with Crippen LogP contribution in [-0.4, -0.2) is 41.9 Å². The van der Waals surface area contributed by atoms with E-state index in [9.17, 15) is 9.59 Å². The molecule has 0 aliphatic carbocycles. The van der Waals surface area contributed by atoms with Crippen molar-refractivity contribution in [2.75, 3.05) is 13.1 Å². The van der Waals surface area contributed by atoms with Crippen molar-refractivity contribution in [2.24, 2.45) is 5.92 Å². The van der Waals surface area contributed by atoms with Gasteiger partial charge in [-0.05, 0) is 38.7 Å². The molecule has 0 spiro atoms. The molecule has 2 fully saturated rings. The van der Waals surface area contributed by atoms with Crippen molar-refractivity contribution in [1.29, 1.82) is 0 Å². The second kappa shape index (κ2) is 7.34. The van der Waals surface area contributed by atoms with E-state index in [0.717, 1.165) is 31.5 Å². The van der Waals surface area contributed by atoms with E-state index in [-0.39, 0.29) is 23.9 Å². The minimum absolute atomic E-state index is 0.0191. The molecule has 1 aromatic rings. The molecule has 3 rings (SSSR count). The Bertz CT molecular complexity index is 588. The quantitative estimate of drug-likeness (QED) is 0.829. The van der Waals surface area contributed by atoms with Crippen molar-refractivity contribution >= 4 is 11.8 Å². The summed E-state index contributed by atoms with van der Waals surface area (Å²) in [6, 6.07) is 10.6. The summed E-state index contributed by atoms with van der Waals surface area (Å²) < 4.78 is 0. The van der Waals surface area contributed by atoms with E-state index >= 15 is 0 Å². The molecule has 0 aromatic heterocycles. The molecule has 3 atom stereocenters. The first-order valence-corrected chi connectivity index (χ1v) is 8.94. The highest BCUT2D eigenvalue weighted by Crippen LogP contribution is 2.26. The van der Waals surface area contributed by atoms with E-state index in [2.05, 4.69) is 29.4 Å². The maximum Gasteiger partial charge on any atom is 0.233 e. The van der Waals surface area contributed by atoms with E-state index in [1.54, 1.807) is 0 Å². The van der Waals surface area contributed by atoms with E-state index < -0.39 is 5.92 Å². The molecule has 24 heavy (non-hydrogen) atoms. The van der Waals surface area contributed by atoms with Crippen LogP contribution < -0.4 is 10.6 Å². The van der Waals surface area contributed by atoms with Gasteiger partial charge in [-0.3, -0.25) is 14.5 Å². The van der Waals surface area contributed by atoms with Gasteiger partial charge < -0.3 is 10.6 Å². The second-order valence-electron chi connectivity index (χ2n) is 7.18. The third-order valence-corrected chi connectivity index (χ3v) is 5.19. The Balaban J connectivity index is 1.53. The number of hydrogen-bond acceptors (Lipinski definition) is 3. The van der Waals surface area contributed by atoms with Crippen molar-refractivity contribution in [3.8, 4) is 0 Å². The summed E-state index contributed by atoms with van der Waals surface area (Å²) in [6.07, 6.45) is 2.37. The van der Waals surface area contributed by atoms with E-state index in [0.29, 0.717) is 12.5 Å². The largest absolute Gasteiger partial charge is 0.351 e. The number of amides is 2. The van der Waals surface area contributed by atoms with E-state index in [4.69, 9.17) is 0 Å². The molecule has 2 aliphatic rings. The molecule has 2 saturated heterocycles. The molecule has 2 amide bonds. The fraction of sp³-hybridized carbons (Fsp3) is 0.579. The lowest BCUT2D eigenvalue weighted by atomic mass is 9.89. The highest BCUT2D eigenvalue weighted by molar-refractivity contribution is 6.01. The summed E-state index contributed by atoms with van der Waals surface area (Å²) in [7, 11) is 0. The second-order valence-corrected chi connectivity index (χ2v) is 7.18. The summed E-state index contributed by atoms with van der Waals surface area (Å²) in [5, 5.41) is 6.08. The Morgan fingerprint density at radius 3 is 2.58 bits per heavy atom. The van der Waals surface area contributed by atoms with Crippen molar-refractivity contribution in [3.63, 3.8) is 0 Å². The van der Waals surface area contributed by atoms with Gasteiger partial charge in [-0.2, -0.15) is 0 Å². The third kappa shape index (κ3) is 3.78. The highest BCUT2D eigenvalue weighted by atomic mass is 16.2. The van der Waals surface area contributed by atoms with Crippen LogP contribution in [0.2, 0.25) is 0 Å². The van der Waals surface area contributed by atoms with Crippen molar-refractivity contribution in [1.82, 2.24) is 15.5 Å². The van der Waals surface area contributed by atoms with Crippen molar-refractivity contribution in [3.05, 3.63) is 35.9 Å². The van der Waals surface area contributed by atoms with Gasteiger partial charge >= 0.3 is 0 Å². The molecule has 5 heteroatoms. The first kappa shape index (κ1) is 17.0. The lowest BCUT2D eigenvalue weighted by Crippen LogP contribution is -2.49. The first-order chi connectivity index (χ1) is 11.5. The Morgan fingerprint density at radius 2 is 1.96 bits per heavy atom. The summed E-state index contributed by atoms with van der Waals surface area (Å²) >= 11 is 0. The lowest BCUT2D eigenvalue weighted by molar-refractivity contribution is -0.138. The number of carbonyl (C=O) groups excluding carboxylic acids is 2. The van der Waals surface area contributed by atoms with Gasteiger partial charge in [-0.15, -0.1) is 0 Å². The number of nitrogens with one attached hydrogen (secondary N) is 2. The Morgan fingerprint density at radius 1 is 1.21 bits per heavy atom. The zero-order valence-electron chi connectivity index (χ0n) is 14.5. The van der Waals surface area contributed by atoms with Gasteiger partial charge in [0.25, 0.3) is 0 Å². The van der Waals surface area contributed by atoms with Gasteiger partial charge in [0, 0.05) is 25.2 Å². The molecule has 130 valence electrons. The van der Waals surface area contributed by atoms with Crippen LogP contribution in [0.1, 0.15) is 44.7 Å². The minimum Gasteiger partial charge on any atom is -0.351 e. The van der Waals surface area contributed by atoms with Crippen molar-refractivity contribution < 1.29 is 9.59 Å². The zero-order valence-corrected chi connectivity index (χ0v) is 14.5. The minimum atomic E-state index is -0.557. The zero-order chi connectivity index (χ0) is 17.1. The topological polar surface area (TPSA) is 61.4 Å². The highest BCUT2D eigenvalue weighted by Gasteiger charge is 2.35. The SMILES string of the molecule is CC(C)N1CCC(NC(=O)C2CCC(c3ccccc3)NC2=O)C1. The van der Waals surface area contributed by atoms with Crippen LogP contribution >= 0.6 is 0 Å². The normalized spacial score (nSPS) is 28.0. The number of benzene rings is 1. The van der Waals surface area contributed by atoms with Crippen LogP contribution in [0.25, 0.3) is 0 Å². The Labute approximate surface area is 143 Å². The fourth-order valence-electron chi connectivity index (χ4n) is 3.67. The standard InChI is InChI=1S/C19H27N3O2/c1-13(2)22-11-10-15(12-22)20-18(23)16-8-9-17(21-19(16)24)14-6-4-3-5-7-14/h3-7,13,15-17H,8-12H2,1-2H3,(H,20,23)(H,21,24). The van der Waals surface area contributed by atoms with Gasteiger partial charge in [0.1, 0.15) is 5.92 Å². The Kier molecular flexibility index (Phi) is 5.19. The Hall–Kier alpha value is -1.88. The molecular weight excluding hydrogens is 302 g/mol. The molecule has 0 saturated carbocycles. The van der Waals surface area contributed by atoms with Crippen LogP contribution in [0.15, 0.2) is 30.3 Å². The number of piperidine rings is 1. The average Bonchev–Trinajstić information content (AvgIpc) is 3.04. The van der Waals surface area contributed by atoms with Crippen LogP contribution in [-0.2, 0) is 9.59 Å². The van der Waals surface area contributed by atoms with Gasteiger partial charge in [-0.25, -0.2) is 0 Å². The van der Waals surface area contributed by atoms with Crippen LogP contribution in [0.3, 0.4) is 0 Å².